The molecule has 0 radical (unpaired) electrons. The van der Waals surface area contributed by atoms with E-state index < -0.39 is 0 Å². The molecule has 0 aliphatic carbocycles. The first-order valence-electron chi connectivity index (χ1n) is 4.74. The molecule has 3 rings (SSSR count). The third-order valence-electron chi connectivity index (χ3n) is 2.18. The van der Waals surface area contributed by atoms with Crippen LogP contribution in [0.4, 0.5) is 0 Å². The van der Waals surface area contributed by atoms with E-state index in [2.05, 4.69) is 32.0 Å². The number of benzene rings is 1. The van der Waals surface area contributed by atoms with Gasteiger partial charge in [-0.3, -0.25) is 0 Å². The van der Waals surface area contributed by atoms with E-state index in [1.54, 1.807) is 22.7 Å². The summed E-state index contributed by atoms with van der Waals surface area (Å²) in [4.78, 5) is 8.87. The Hall–Kier alpha value is -0.780. The maximum absolute atomic E-state index is 4.59. The summed E-state index contributed by atoms with van der Waals surface area (Å²) in [5.41, 5.74) is 1.07. The van der Waals surface area contributed by atoms with E-state index in [0.29, 0.717) is 0 Å². The minimum atomic E-state index is 0.842. The number of halogens is 1. The first-order chi connectivity index (χ1) is 7.81. The van der Waals surface area contributed by atoms with Crippen LogP contribution in [0.2, 0.25) is 0 Å². The van der Waals surface area contributed by atoms with Crippen LogP contribution in [0.15, 0.2) is 34.2 Å². The van der Waals surface area contributed by atoms with E-state index in [4.69, 9.17) is 0 Å². The van der Waals surface area contributed by atoms with Crippen molar-refractivity contribution in [1.82, 2.24) is 9.97 Å². The van der Waals surface area contributed by atoms with E-state index in [1.165, 1.54) is 4.70 Å². The summed E-state index contributed by atoms with van der Waals surface area (Å²) in [7, 11) is 0. The van der Waals surface area contributed by atoms with Crippen LogP contribution in [0.1, 0.15) is 10.0 Å². The van der Waals surface area contributed by atoms with Crippen molar-refractivity contribution in [2.75, 3.05) is 0 Å². The zero-order valence-corrected chi connectivity index (χ0v) is 11.4. The van der Waals surface area contributed by atoms with Crippen molar-refractivity contribution in [3.63, 3.8) is 0 Å². The zero-order chi connectivity index (χ0) is 11.0. The molecule has 0 saturated carbocycles. The standard InChI is InChI=1S/C11H7BrN2S2/c12-7-1-2-8-9(5-7)16-11(14-8)6-10-13-3-4-15-10/h1-5H,6H2. The van der Waals surface area contributed by atoms with Crippen molar-refractivity contribution >= 4 is 48.8 Å². The zero-order valence-electron chi connectivity index (χ0n) is 8.18. The fourth-order valence-corrected chi connectivity index (χ4v) is 3.73. The lowest BCUT2D eigenvalue weighted by Gasteiger charge is -1.87. The van der Waals surface area contributed by atoms with Gasteiger partial charge in [0.1, 0.15) is 5.01 Å². The van der Waals surface area contributed by atoms with E-state index in [1.807, 2.05) is 23.7 Å². The molecule has 80 valence electrons. The van der Waals surface area contributed by atoms with Crippen molar-refractivity contribution in [1.29, 1.82) is 0 Å². The SMILES string of the molecule is Brc1ccc2nc(Cc3nccs3)sc2c1. The minimum absolute atomic E-state index is 0.842. The average Bonchev–Trinajstić information content (AvgIpc) is 2.86. The summed E-state index contributed by atoms with van der Waals surface area (Å²) in [5, 5.41) is 4.25. The van der Waals surface area contributed by atoms with Crippen LogP contribution in [-0.4, -0.2) is 9.97 Å². The second-order valence-electron chi connectivity index (χ2n) is 3.32. The van der Waals surface area contributed by atoms with Crippen molar-refractivity contribution in [3.05, 3.63) is 44.3 Å². The van der Waals surface area contributed by atoms with Crippen LogP contribution in [-0.2, 0) is 6.42 Å². The molecule has 0 unspecified atom stereocenters. The van der Waals surface area contributed by atoms with Gasteiger partial charge in [-0.2, -0.15) is 0 Å². The second kappa shape index (κ2) is 4.24. The van der Waals surface area contributed by atoms with Gasteiger partial charge in [-0.15, -0.1) is 22.7 Å². The molecule has 2 heterocycles. The summed E-state index contributed by atoms with van der Waals surface area (Å²) in [6, 6.07) is 6.18. The monoisotopic (exact) mass is 310 g/mol. The Bertz CT molecular complexity index is 616. The Labute approximate surface area is 109 Å². The molecule has 0 saturated heterocycles. The van der Waals surface area contributed by atoms with Crippen molar-refractivity contribution in [2.24, 2.45) is 0 Å². The number of thiazole rings is 2. The Kier molecular flexibility index (Phi) is 2.75. The minimum Gasteiger partial charge on any atom is -0.249 e. The lowest BCUT2D eigenvalue weighted by atomic mass is 10.3. The molecule has 0 N–H and O–H groups in total. The van der Waals surface area contributed by atoms with Crippen LogP contribution in [0.3, 0.4) is 0 Å². The molecule has 3 aromatic rings. The lowest BCUT2D eigenvalue weighted by Crippen LogP contribution is -1.84. The van der Waals surface area contributed by atoms with E-state index in [-0.39, 0.29) is 0 Å². The molecule has 0 amide bonds. The summed E-state index contributed by atoms with van der Waals surface area (Å²) in [6.45, 7) is 0. The second-order valence-corrected chi connectivity index (χ2v) is 6.33. The molecule has 2 aromatic heterocycles. The summed E-state index contributed by atoms with van der Waals surface area (Å²) in [5.74, 6) is 0. The van der Waals surface area contributed by atoms with Crippen molar-refractivity contribution in [2.45, 2.75) is 6.42 Å². The highest BCUT2D eigenvalue weighted by molar-refractivity contribution is 9.10. The predicted molar refractivity (Wildman–Crippen MR) is 72.2 cm³/mol. The number of hydrogen-bond donors (Lipinski definition) is 0. The fourth-order valence-electron chi connectivity index (χ4n) is 1.49. The van der Waals surface area contributed by atoms with Gasteiger partial charge < -0.3 is 0 Å². The molecule has 0 aliphatic heterocycles. The molecule has 0 spiro atoms. The highest BCUT2D eigenvalue weighted by atomic mass is 79.9. The third kappa shape index (κ3) is 2.03. The predicted octanol–water partition coefficient (Wildman–Crippen LogP) is 4.11. The molecule has 0 aliphatic rings. The Morgan fingerprint density at radius 2 is 2.19 bits per heavy atom. The van der Waals surface area contributed by atoms with Crippen molar-refractivity contribution < 1.29 is 0 Å². The van der Waals surface area contributed by atoms with Gasteiger partial charge >= 0.3 is 0 Å². The summed E-state index contributed by atoms with van der Waals surface area (Å²) >= 11 is 6.88. The Balaban J connectivity index is 1.99. The lowest BCUT2D eigenvalue weighted by molar-refractivity contribution is 1.11. The Morgan fingerprint density at radius 1 is 1.25 bits per heavy atom. The van der Waals surface area contributed by atoms with Gasteiger partial charge in [-0.25, -0.2) is 9.97 Å². The topological polar surface area (TPSA) is 25.8 Å². The van der Waals surface area contributed by atoms with Crippen LogP contribution >= 0.6 is 38.6 Å². The molecule has 1 aromatic carbocycles. The van der Waals surface area contributed by atoms with Crippen LogP contribution in [0.5, 0.6) is 0 Å². The summed E-state index contributed by atoms with van der Waals surface area (Å²) in [6.07, 6.45) is 2.68. The number of rotatable bonds is 2. The molecule has 0 bridgehead atoms. The Morgan fingerprint density at radius 3 is 3.00 bits per heavy atom. The fraction of sp³-hybridized carbons (Fsp3) is 0.0909. The maximum Gasteiger partial charge on any atom is 0.101 e. The van der Waals surface area contributed by atoms with Gasteiger partial charge in [0.05, 0.1) is 21.6 Å². The van der Waals surface area contributed by atoms with Gasteiger partial charge in [0.2, 0.25) is 0 Å². The number of hydrogen-bond acceptors (Lipinski definition) is 4. The van der Waals surface area contributed by atoms with Crippen LogP contribution in [0.25, 0.3) is 10.2 Å². The number of nitrogens with zero attached hydrogens (tertiary/aromatic N) is 2. The van der Waals surface area contributed by atoms with Gasteiger partial charge in [-0.05, 0) is 18.2 Å². The molecule has 16 heavy (non-hydrogen) atoms. The maximum atomic E-state index is 4.59. The number of fused-ring (bicyclic) bond motifs is 1. The average molecular weight is 311 g/mol. The largest absolute Gasteiger partial charge is 0.249 e. The number of aromatic nitrogens is 2. The third-order valence-corrected chi connectivity index (χ3v) is 4.47. The van der Waals surface area contributed by atoms with Crippen LogP contribution in [0, 0.1) is 0 Å². The quantitative estimate of drug-likeness (QED) is 0.712. The highest BCUT2D eigenvalue weighted by Crippen LogP contribution is 2.27. The molecule has 5 heteroatoms. The van der Waals surface area contributed by atoms with E-state index >= 15 is 0 Å². The smallest absolute Gasteiger partial charge is 0.101 e. The van der Waals surface area contributed by atoms with Crippen LogP contribution < -0.4 is 0 Å². The molecule has 2 nitrogen and oxygen atoms in total. The molecule has 0 fully saturated rings. The van der Waals surface area contributed by atoms with Gasteiger partial charge in [0, 0.05) is 16.0 Å². The first kappa shape index (κ1) is 10.4. The van der Waals surface area contributed by atoms with Gasteiger partial charge in [0.25, 0.3) is 0 Å². The van der Waals surface area contributed by atoms with Crippen molar-refractivity contribution in [3.8, 4) is 0 Å². The molecular formula is C11H7BrN2S2. The normalized spacial score (nSPS) is 11.1. The molecule has 0 atom stereocenters. The first-order valence-corrected chi connectivity index (χ1v) is 7.23. The molecular weight excluding hydrogens is 304 g/mol. The van der Waals surface area contributed by atoms with Gasteiger partial charge in [-0.1, -0.05) is 15.9 Å². The van der Waals surface area contributed by atoms with E-state index in [9.17, 15) is 0 Å². The van der Waals surface area contributed by atoms with E-state index in [0.717, 1.165) is 26.4 Å². The van der Waals surface area contributed by atoms with Gasteiger partial charge in [0.15, 0.2) is 0 Å². The highest BCUT2D eigenvalue weighted by Gasteiger charge is 2.06. The summed E-state index contributed by atoms with van der Waals surface area (Å²) < 4.78 is 2.32.